The van der Waals surface area contributed by atoms with Crippen molar-refractivity contribution in [1.82, 2.24) is 10.2 Å². The van der Waals surface area contributed by atoms with Crippen LogP contribution in [0, 0.1) is 0 Å². The van der Waals surface area contributed by atoms with E-state index in [1.807, 2.05) is 42.5 Å². The summed E-state index contributed by atoms with van der Waals surface area (Å²) in [6, 6.07) is 19.9. The Morgan fingerprint density at radius 3 is 2.44 bits per heavy atom. The molecule has 4 rings (SSSR count). The molecule has 0 bridgehead atoms. The molecule has 0 aliphatic rings. The summed E-state index contributed by atoms with van der Waals surface area (Å²) in [6.45, 7) is 0. The van der Waals surface area contributed by atoms with Gasteiger partial charge in [0, 0.05) is 5.56 Å². The molecule has 1 heterocycles. The Morgan fingerprint density at radius 2 is 1.67 bits per heavy atom. The Labute approximate surface area is 160 Å². The molecule has 6 nitrogen and oxygen atoms in total. The number of ether oxygens (including phenoxy) is 1. The number of sulfonamides is 1. The SMILES string of the molecule is COc1ccc2cc(S(=O)(=O)Nc3nnc(-c4ccccc4)s3)ccc2c1. The molecule has 0 fully saturated rings. The van der Waals surface area contributed by atoms with E-state index in [9.17, 15) is 8.42 Å². The summed E-state index contributed by atoms with van der Waals surface area (Å²) < 4.78 is 33.1. The van der Waals surface area contributed by atoms with Gasteiger partial charge >= 0.3 is 0 Å². The first-order chi connectivity index (χ1) is 13.0. The predicted octanol–water partition coefficient (Wildman–Crippen LogP) is 4.17. The fourth-order valence-corrected chi connectivity index (χ4v) is 4.65. The number of benzene rings is 3. The van der Waals surface area contributed by atoms with Crippen LogP contribution in [0.25, 0.3) is 21.3 Å². The van der Waals surface area contributed by atoms with E-state index < -0.39 is 10.0 Å². The van der Waals surface area contributed by atoms with Crippen molar-refractivity contribution in [3.05, 3.63) is 66.7 Å². The van der Waals surface area contributed by atoms with Crippen molar-refractivity contribution in [3.8, 4) is 16.3 Å². The lowest BCUT2D eigenvalue weighted by molar-refractivity contribution is 0.415. The molecule has 1 aromatic heterocycles. The van der Waals surface area contributed by atoms with Gasteiger partial charge in [-0.15, -0.1) is 10.2 Å². The first-order valence-electron chi connectivity index (χ1n) is 8.05. The number of rotatable bonds is 5. The minimum Gasteiger partial charge on any atom is -0.497 e. The monoisotopic (exact) mass is 397 g/mol. The molecule has 0 saturated heterocycles. The van der Waals surface area contributed by atoms with Gasteiger partial charge in [-0.3, -0.25) is 4.72 Å². The molecule has 0 atom stereocenters. The molecule has 1 N–H and O–H groups in total. The number of hydrogen-bond acceptors (Lipinski definition) is 6. The molecule has 0 saturated carbocycles. The van der Waals surface area contributed by atoms with Crippen LogP contribution in [0.2, 0.25) is 0 Å². The minimum absolute atomic E-state index is 0.164. The number of hydrogen-bond donors (Lipinski definition) is 1. The lowest BCUT2D eigenvalue weighted by atomic mass is 10.1. The fourth-order valence-electron chi connectivity index (χ4n) is 2.63. The van der Waals surface area contributed by atoms with Gasteiger partial charge in [-0.25, -0.2) is 8.42 Å². The van der Waals surface area contributed by atoms with Crippen molar-refractivity contribution < 1.29 is 13.2 Å². The van der Waals surface area contributed by atoms with Gasteiger partial charge in [0.2, 0.25) is 5.13 Å². The number of fused-ring (bicyclic) bond motifs is 1. The first-order valence-corrected chi connectivity index (χ1v) is 10.3. The molecule has 0 amide bonds. The molecule has 136 valence electrons. The molecule has 3 aromatic carbocycles. The Morgan fingerprint density at radius 1 is 0.926 bits per heavy atom. The Balaban J connectivity index is 1.62. The average Bonchev–Trinajstić information content (AvgIpc) is 3.15. The summed E-state index contributed by atoms with van der Waals surface area (Å²) in [7, 11) is -2.17. The number of anilines is 1. The first kappa shape index (κ1) is 17.4. The van der Waals surface area contributed by atoms with Crippen LogP contribution >= 0.6 is 11.3 Å². The Kier molecular flexibility index (Phi) is 4.51. The van der Waals surface area contributed by atoms with Crippen LogP contribution in [0.5, 0.6) is 5.75 Å². The topological polar surface area (TPSA) is 81.2 Å². The second kappa shape index (κ2) is 6.98. The normalized spacial score (nSPS) is 11.4. The molecule has 0 unspecified atom stereocenters. The molecule has 4 aromatic rings. The largest absolute Gasteiger partial charge is 0.497 e. The Bertz CT molecular complexity index is 1210. The highest BCUT2D eigenvalue weighted by Crippen LogP contribution is 2.29. The van der Waals surface area contributed by atoms with Crippen molar-refractivity contribution in [1.29, 1.82) is 0 Å². The minimum atomic E-state index is -3.76. The van der Waals surface area contributed by atoms with Crippen molar-refractivity contribution in [3.63, 3.8) is 0 Å². The van der Waals surface area contributed by atoms with E-state index in [2.05, 4.69) is 14.9 Å². The number of nitrogens with one attached hydrogen (secondary N) is 1. The zero-order valence-corrected chi connectivity index (χ0v) is 15.9. The van der Waals surface area contributed by atoms with Gasteiger partial charge in [-0.05, 0) is 35.0 Å². The van der Waals surface area contributed by atoms with E-state index in [0.717, 1.165) is 22.1 Å². The molecule has 0 spiro atoms. The molecule has 0 radical (unpaired) electrons. The lowest BCUT2D eigenvalue weighted by Crippen LogP contribution is -2.12. The maximum atomic E-state index is 12.7. The summed E-state index contributed by atoms with van der Waals surface area (Å²) >= 11 is 1.19. The highest BCUT2D eigenvalue weighted by Gasteiger charge is 2.18. The third-order valence-corrected chi connectivity index (χ3v) is 6.35. The van der Waals surface area contributed by atoms with Crippen LogP contribution in [0.3, 0.4) is 0 Å². The summed E-state index contributed by atoms with van der Waals surface area (Å²) in [4.78, 5) is 0.164. The van der Waals surface area contributed by atoms with Crippen molar-refractivity contribution in [2.45, 2.75) is 4.90 Å². The van der Waals surface area contributed by atoms with Gasteiger partial charge in [0.05, 0.1) is 12.0 Å². The number of methoxy groups -OCH3 is 1. The van der Waals surface area contributed by atoms with E-state index in [1.165, 1.54) is 11.3 Å². The second-order valence-corrected chi connectivity index (χ2v) is 8.42. The molecule has 8 heteroatoms. The average molecular weight is 397 g/mol. The molecule has 27 heavy (non-hydrogen) atoms. The highest BCUT2D eigenvalue weighted by molar-refractivity contribution is 7.93. The van der Waals surface area contributed by atoms with E-state index in [1.54, 1.807) is 31.4 Å². The van der Waals surface area contributed by atoms with Crippen molar-refractivity contribution >= 4 is 37.3 Å². The number of aromatic nitrogens is 2. The van der Waals surface area contributed by atoms with Crippen LogP contribution in [-0.2, 0) is 10.0 Å². The smallest absolute Gasteiger partial charge is 0.263 e. The van der Waals surface area contributed by atoms with Crippen LogP contribution < -0.4 is 9.46 Å². The highest BCUT2D eigenvalue weighted by atomic mass is 32.2. The quantitative estimate of drug-likeness (QED) is 0.547. The fraction of sp³-hybridized carbons (Fsp3) is 0.0526. The van der Waals surface area contributed by atoms with Gasteiger partial charge in [0.15, 0.2) is 0 Å². The molecular formula is C19H15N3O3S2. The van der Waals surface area contributed by atoms with Crippen molar-refractivity contribution in [2.24, 2.45) is 0 Å². The molecule has 0 aliphatic carbocycles. The lowest BCUT2D eigenvalue weighted by Gasteiger charge is -2.07. The van der Waals surface area contributed by atoms with Gasteiger partial charge in [-0.1, -0.05) is 53.8 Å². The van der Waals surface area contributed by atoms with Crippen LogP contribution in [0.1, 0.15) is 0 Å². The van der Waals surface area contributed by atoms with Gasteiger partial charge < -0.3 is 4.74 Å². The van der Waals surface area contributed by atoms with E-state index in [4.69, 9.17) is 4.74 Å². The maximum absolute atomic E-state index is 12.7. The zero-order chi connectivity index (χ0) is 18.9. The molecule has 0 aliphatic heterocycles. The third kappa shape index (κ3) is 3.62. The maximum Gasteiger partial charge on any atom is 0.263 e. The standard InChI is InChI=1S/C19H15N3O3S2/c1-25-16-9-7-15-12-17(10-8-14(15)11-16)27(23,24)22-19-21-20-18(26-19)13-5-3-2-4-6-13/h2-12H,1H3,(H,21,22). The van der Waals surface area contributed by atoms with Crippen LogP contribution in [-0.4, -0.2) is 25.7 Å². The van der Waals surface area contributed by atoms with Crippen molar-refractivity contribution in [2.75, 3.05) is 11.8 Å². The van der Waals surface area contributed by atoms with Crippen LogP contribution in [0.15, 0.2) is 71.6 Å². The summed E-state index contributed by atoms with van der Waals surface area (Å²) in [5.41, 5.74) is 0.889. The van der Waals surface area contributed by atoms with E-state index in [0.29, 0.717) is 5.01 Å². The third-order valence-electron chi connectivity index (χ3n) is 4.00. The van der Waals surface area contributed by atoms with Gasteiger partial charge in [0.25, 0.3) is 10.0 Å². The van der Waals surface area contributed by atoms with Gasteiger partial charge in [-0.2, -0.15) is 0 Å². The summed E-state index contributed by atoms with van der Waals surface area (Å²) in [5.74, 6) is 0.721. The van der Waals surface area contributed by atoms with E-state index >= 15 is 0 Å². The van der Waals surface area contributed by atoms with E-state index in [-0.39, 0.29) is 10.0 Å². The zero-order valence-electron chi connectivity index (χ0n) is 14.3. The Hall–Kier alpha value is -2.97. The van der Waals surface area contributed by atoms with Gasteiger partial charge in [0.1, 0.15) is 10.8 Å². The van der Waals surface area contributed by atoms with Crippen LogP contribution in [0.4, 0.5) is 5.13 Å². The predicted molar refractivity (Wildman–Crippen MR) is 107 cm³/mol. The number of nitrogens with zero attached hydrogens (tertiary/aromatic N) is 2. The molecular weight excluding hydrogens is 382 g/mol. The second-order valence-electron chi connectivity index (χ2n) is 5.76. The summed E-state index contributed by atoms with van der Waals surface area (Å²) in [6.07, 6.45) is 0. The summed E-state index contributed by atoms with van der Waals surface area (Å²) in [5, 5.41) is 10.6.